The van der Waals surface area contributed by atoms with Crippen molar-refractivity contribution in [1.29, 1.82) is 5.26 Å². The van der Waals surface area contributed by atoms with Crippen molar-refractivity contribution in [1.82, 2.24) is 4.90 Å². The third-order valence-electron chi connectivity index (χ3n) is 1.89. The largest absolute Gasteiger partial charge is 0.472 e. The first-order valence-corrected chi connectivity index (χ1v) is 4.37. The summed E-state index contributed by atoms with van der Waals surface area (Å²) in [5.74, 6) is -0.171. The Hall–Kier alpha value is -1.76. The van der Waals surface area contributed by atoms with E-state index in [0.29, 0.717) is 5.56 Å². The lowest BCUT2D eigenvalue weighted by Gasteiger charge is -2.22. The molecule has 0 spiro atoms. The van der Waals surface area contributed by atoms with Crippen molar-refractivity contribution in [2.45, 2.75) is 19.9 Å². The zero-order chi connectivity index (χ0) is 10.6. The topological polar surface area (TPSA) is 57.2 Å². The van der Waals surface area contributed by atoms with E-state index in [2.05, 4.69) is 0 Å². The molecule has 0 radical (unpaired) electrons. The maximum Gasteiger partial charge on any atom is 0.258 e. The van der Waals surface area contributed by atoms with Crippen LogP contribution in [0.25, 0.3) is 0 Å². The SMILES string of the molecule is CC(C)N(CC#N)C(=O)c1ccoc1. The molecule has 0 aliphatic heterocycles. The van der Waals surface area contributed by atoms with Gasteiger partial charge in [-0.1, -0.05) is 0 Å². The predicted octanol–water partition coefficient (Wildman–Crippen LogP) is 1.65. The summed E-state index contributed by atoms with van der Waals surface area (Å²) < 4.78 is 4.81. The molecule has 1 rings (SSSR count). The molecule has 0 atom stereocenters. The standard InChI is InChI=1S/C10H12N2O2/c1-8(2)12(5-4-11)10(13)9-3-6-14-7-9/h3,6-8H,5H2,1-2H3. The van der Waals surface area contributed by atoms with Crippen LogP contribution in [0.1, 0.15) is 24.2 Å². The zero-order valence-corrected chi connectivity index (χ0v) is 8.23. The third kappa shape index (κ3) is 2.13. The molecule has 1 aromatic rings. The monoisotopic (exact) mass is 192 g/mol. The van der Waals surface area contributed by atoms with Gasteiger partial charge < -0.3 is 9.32 Å². The van der Waals surface area contributed by atoms with Crippen molar-refractivity contribution < 1.29 is 9.21 Å². The van der Waals surface area contributed by atoms with E-state index in [9.17, 15) is 4.79 Å². The van der Waals surface area contributed by atoms with Crippen LogP contribution in [-0.2, 0) is 0 Å². The Labute approximate surface area is 82.7 Å². The third-order valence-corrected chi connectivity index (χ3v) is 1.89. The van der Waals surface area contributed by atoms with E-state index in [1.54, 1.807) is 6.07 Å². The highest BCUT2D eigenvalue weighted by atomic mass is 16.3. The lowest BCUT2D eigenvalue weighted by molar-refractivity contribution is 0.0730. The van der Waals surface area contributed by atoms with Gasteiger partial charge in [-0.05, 0) is 19.9 Å². The molecule has 74 valence electrons. The van der Waals surface area contributed by atoms with Gasteiger partial charge >= 0.3 is 0 Å². The number of amides is 1. The van der Waals surface area contributed by atoms with E-state index in [4.69, 9.17) is 9.68 Å². The first kappa shape index (κ1) is 10.3. The molecule has 14 heavy (non-hydrogen) atoms. The summed E-state index contributed by atoms with van der Waals surface area (Å²) in [6.45, 7) is 3.84. The van der Waals surface area contributed by atoms with Gasteiger partial charge in [0.15, 0.2) is 0 Å². The summed E-state index contributed by atoms with van der Waals surface area (Å²) in [7, 11) is 0. The van der Waals surface area contributed by atoms with Gasteiger partial charge in [-0.15, -0.1) is 0 Å². The van der Waals surface area contributed by atoms with Crippen LogP contribution in [0, 0.1) is 11.3 Å². The molecule has 1 amide bonds. The Kier molecular flexibility index (Phi) is 3.29. The molecule has 4 heteroatoms. The molecule has 0 unspecified atom stereocenters. The van der Waals surface area contributed by atoms with E-state index in [1.165, 1.54) is 17.4 Å². The molecule has 4 nitrogen and oxygen atoms in total. The van der Waals surface area contributed by atoms with Crippen LogP contribution in [0.5, 0.6) is 0 Å². The fraction of sp³-hybridized carbons (Fsp3) is 0.400. The number of rotatable bonds is 3. The van der Waals surface area contributed by atoms with E-state index in [-0.39, 0.29) is 18.5 Å². The number of nitriles is 1. The summed E-state index contributed by atoms with van der Waals surface area (Å²) in [6.07, 6.45) is 2.83. The van der Waals surface area contributed by atoms with E-state index in [0.717, 1.165) is 0 Å². The van der Waals surface area contributed by atoms with Gasteiger partial charge in [0, 0.05) is 6.04 Å². The van der Waals surface area contributed by atoms with Crippen LogP contribution in [0.15, 0.2) is 23.0 Å². The maximum absolute atomic E-state index is 11.8. The minimum Gasteiger partial charge on any atom is -0.472 e. The highest BCUT2D eigenvalue weighted by molar-refractivity contribution is 5.94. The minimum absolute atomic E-state index is 0.0112. The van der Waals surface area contributed by atoms with Crippen molar-refractivity contribution in [2.75, 3.05) is 6.54 Å². The molecular formula is C10H12N2O2. The Bertz CT molecular complexity index is 336. The predicted molar refractivity (Wildman–Crippen MR) is 50.5 cm³/mol. The quantitative estimate of drug-likeness (QED) is 0.684. The summed E-state index contributed by atoms with van der Waals surface area (Å²) in [5.41, 5.74) is 0.481. The molecule has 0 saturated carbocycles. The summed E-state index contributed by atoms with van der Waals surface area (Å²) >= 11 is 0. The summed E-state index contributed by atoms with van der Waals surface area (Å²) in [6, 6.07) is 3.57. The average molecular weight is 192 g/mol. The molecule has 0 aliphatic rings. The van der Waals surface area contributed by atoms with E-state index >= 15 is 0 Å². The lowest BCUT2D eigenvalue weighted by atomic mass is 10.2. The second-order valence-electron chi connectivity index (χ2n) is 3.20. The highest BCUT2D eigenvalue weighted by Gasteiger charge is 2.18. The normalized spacial score (nSPS) is 9.86. The molecule has 1 aromatic heterocycles. The second kappa shape index (κ2) is 4.47. The second-order valence-corrected chi connectivity index (χ2v) is 3.20. The van der Waals surface area contributed by atoms with Crippen LogP contribution < -0.4 is 0 Å². The maximum atomic E-state index is 11.8. The van der Waals surface area contributed by atoms with Gasteiger partial charge in [0.25, 0.3) is 5.91 Å². The van der Waals surface area contributed by atoms with Gasteiger partial charge in [-0.3, -0.25) is 4.79 Å². The minimum atomic E-state index is -0.171. The van der Waals surface area contributed by atoms with E-state index < -0.39 is 0 Å². The first-order chi connectivity index (χ1) is 6.66. The number of hydrogen-bond acceptors (Lipinski definition) is 3. The molecule has 1 heterocycles. The molecule has 0 aromatic carbocycles. The molecular weight excluding hydrogens is 180 g/mol. The molecule has 0 N–H and O–H groups in total. The van der Waals surface area contributed by atoms with Crippen LogP contribution in [0.2, 0.25) is 0 Å². The Morgan fingerprint density at radius 3 is 2.86 bits per heavy atom. The van der Waals surface area contributed by atoms with Gasteiger partial charge in [0.1, 0.15) is 12.8 Å². The average Bonchev–Trinajstić information content (AvgIpc) is 2.65. The lowest BCUT2D eigenvalue weighted by Crippen LogP contribution is -2.37. The first-order valence-electron chi connectivity index (χ1n) is 4.37. The number of hydrogen-bond donors (Lipinski definition) is 0. The Balaban J connectivity index is 2.80. The summed E-state index contributed by atoms with van der Waals surface area (Å²) in [4.78, 5) is 13.2. The number of carbonyl (C=O) groups is 1. The number of nitrogens with zero attached hydrogens (tertiary/aromatic N) is 2. The van der Waals surface area contributed by atoms with Crippen molar-refractivity contribution in [3.05, 3.63) is 24.2 Å². The zero-order valence-electron chi connectivity index (χ0n) is 8.23. The van der Waals surface area contributed by atoms with Crippen LogP contribution in [0.4, 0.5) is 0 Å². The Morgan fingerprint density at radius 2 is 2.43 bits per heavy atom. The smallest absolute Gasteiger partial charge is 0.258 e. The van der Waals surface area contributed by atoms with Gasteiger partial charge in [0.2, 0.25) is 0 Å². The Morgan fingerprint density at radius 1 is 1.71 bits per heavy atom. The van der Waals surface area contributed by atoms with Crippen LogP contribution in [0.3, 0.4) is 0 Å². The van der Waals surface area contributed by atoms with E-state index in [1.807, 2.05) is 19.9 Å². The van der Waals surface area contributed by atoms with Crippen molar-refractivity contribution in [2.24, 2.45) is 0 Å². The van der Waals surface area contributed by atoms with Gasteiger partial charge in [-0.25, -0.2) is 0 Å². The molecule has 0 fully saturated rings. The fourth-order valence-electron chi connectivity index (χ4n) is 1.12. The fourth-order valence-corrected chi connectivity index (χ4v) is 1.12. The highest BCUT2D eigenvalue weighted by Crippen LogP contribution is 2.08. The van der Waals surface area contributed by atoms with Crippen LogP contribution in [-0.4, -0.2) is 23.4 Å². The molecule has 0 bridgehead atoms. The van der Waals surface area contributed by atoms with Crippen molar-refractivity contribution >= 4 is 5.91 Å². The number of carbonyl (C=O) groups excluding carboxylic acids is 1. The van der Waals surface area contributed by atoms with Crippen molar-refractivity contribution in [3.63, 3.8) is 0 Å². The number of furan rings is 1. The van der Waals surface area contributed by atoms with Gasteiger partial charge in [-0.2, -0.15) is 5.26 Å². The molecule has 0 aliphatic carbocycles. The van der Waals surface area contributed by atoms with Gasteiger partial charge in [0.05, 0.1) is 17.9 Å². The van der Waals surface area contributed by atoms with Crippen molar-refractivity contribution in [3.8, 4) is 6.07 Å². The summed E-state index contributed by atoms with van der Waals surface area (Å²) in [5, 5.41) is 8.56. The van der Waals surface area contributed by atoms with Crippen LogP contribution >= 0.6 is 0 Å². The molecule has 0 saturated heterocycles.